The van der Waals surface area contributed by atoms with Gasteiger partial charge in [-0.1, -0.05) is 63.3 Å². The monoisotopic (exact) mass is 282 g/mol. The molecule has 0 aliphatic heterocycles. The minimum atomic E-state index is -0.701. The average molecular weight is 282 g/mol. The molecule has 0 heterocycles. The lowest BCUT2D eigenvalue weighted by atomic mass is 10.1. The van der Waals surface area contributed by atoms with Crippen LogP contribution >= 0.6 is 0 Å². The lowest BCUT2D eigenvalue weighted by Gasteiger charge is -2.03. The molecular weight excluding hydrogens is 252 g/mol. The first-order valence-electron chi connectivity index (χ1n) is 7.90. The van der Waals surface area contributed by atoms with Gasteiger partial charge in [0.2, 0.25) is 0 Å². The Hall–Kier alpha value is -1.09. The van der Waals surface area contributed by atoms with Gasteiger partial charge in [0.25, 0.3) is 0 Å². The Kier molecular flexibility index (Phi) is 13.5. The van der Waals surface area contributed by atoms with Gasteiger partial charge in [-0.3, -0.25) is 4.79 Å². The van der Waals surface area contributed by atoms with Crippen LogP contribution in [-0.4, -0.2) is 22.3 Å². The molecule has 2 N–H and O–H groups in total. The van der Waals surface area contributed by atoms with Crippen LogP contribution in [0.2, 0.25) is 0 Å². The van der Waals surface area contributed by atoms with Crippen molar-refractivity contribution in [1.82, 2.24) is 0 Å². The third-order valence-electron chi connectivity index (χ3n) is 3.20. The summed E-state index contributed by atoms with van der Waals surface area (Å²) in [6.07, 6.45) is 17.1. The van der Waals surface area contributed by atoms with Crippen LogP contribution in [-0.2, 0) is 4.79 Å². The molecule has 0 aliphatic carbocycles. The molecule has 0 radical (unpaired) electrons. The van der Waals surface area contributed by atoms with E-state index in [9.17, 15) is 9.90 Å². The van der Waals surface area contributed by atoms with E-state index in [2.05, 4.69) is 13.0 Å². The predicted molar refractivity (Wildman–Crippen MR) is 83.8 cm³/mol. The summed E-state index contributed by atoms with van der Waals surface area (Å²) in [5, 5.41) is 18.1. The van der Waals surface area contributed by atoms with Gasteiger partial charge in [-0.2, -0.15) is 0 Å². The molecule has 20 heavy (non-hydrogen) atoms. The number of aliphatic hydroxyl groups excluding tert-OH is 1. The second-order valence-corrected chi connectivity index (χ2v) is 5.22. The van der Waals surface area contributed by atoms with Crippen LogP contribution < -0.4 is 0 Å². The summed E-state index contributed by atoms with van der Waals surface area (Å²) >= 11 is 0. The van der Waals surface area contributed by atoms with E-state index in [1.165, 1.54) is 12.8 Å². The van der Waals surface area contributed by atoms with Crippen molar-refractivity contribution in [3.63, 3.8) is 0 Å². The third kappa shape index (κ3) is 15.0. The summed E-state index contributed by atoms with van der Waals surface area (Å²) in [6, 6.07) is 0. The number of allylic oxidation sites excluding steroid dienone is 3. The van der Waals surface area contributed by atoms with Crippen LogP contribution in [0.3, 0.4) is 0 Å². The average Bonchev–Trinajstić information content (AvgIpc) is 2.41. The highest BCUT2D eigenvalue weighted by Crippen LogP contribution is 2.06. The summed E-state index contributed by atoms with van der Waals surface area (Å²) in [7, 11) is 0. The van der Waals surface area contributed by atoms with Crippen molar-refractivity contribution in [1.29, 1.82) is 0 Å². The predicted octanol–water partition coefficient (Wildman–Crippen LogP) is 4.47. The van der Waals surface area contributed by atoms with Crippen molar-refractivity contribution < 1.29 is 15.0 Å². The lowest BCUT2D eigenvalue weighted by molar-refractivity contribution is -0.137. The Labute approximate surface area is 123 Å². The molecule has 0 saturated heterocycles. The Morgan fingerprint density at radius 2 is 1.80 bits per heavy atom. The van der Waals surface area contributed by atoms with Gasteiger partial charge in [0.15, 0.2) is 0 Å². The molecule has 0 aliphatic rings. The maximum absolute atomic E-state index is 10.3. The molecule has 0 aromatic carbocycles. The number of rotatable bonds is 13. The third-order valence-corrected chi connectivity index (χ3v) is 3.20. The van der Waals surface area contributed by atoms with Crippen LogP contribution in [0.25, 0.3) is 0 Å². The van der Waals surface area contributed by atoms with Crippen molar-refractivity contribution in [2.75, 3.05) is 0 Å². The number of hydrogen-bond donors (Lipinski definition) is 2. The fourth-order valence-electron chi connectivity index (χ4n) is 1.96. The van der Waals surface area contributed by atoms with Gasteiger partial charge in [-0.05, 0) is 25.7 Å². The first kappa shape index (κ1) is 18.9. The van der Waals surface area contributed by atoms with E-state index in [0.29, 0.717) is 0 Å². The van der Waals surface area contributed by atoms with Gasteiger partial charge in [0, 0.05) is 6.42 Å². The van der Waals surface area contributed by atoms with Gasteiger partial charge < -0.3 is 10.2 Å². The number of carboxylic acids is 1. The van der Waals surface area contributed by atoms with Crippen molar-refractivity contribution in [2.45, 2.75) is 77.2 Å². The molecule has 1 atom stereocenters. The highest BCUT2D eigenvalue weighted by atomic mass is 16.4. The summed E-state index contributed by atoms with van der Waals surface area (Å²) in [4.78, 5) is 10.3. The molecule has 3 nitrogen and oxygen atoms in total. The topological polar surface area (TPSA) is 57.5 Å². The van der Waals surface area contributed by atoms with E-state index in [1.807, 2.05) is 18.2 Å². The van der Waals surface area contributed by atoms with Crippen LogP contribution in [0.5, 0.6) is 0 Å². The molecule has 0 fully saturated rings. The summed E-state index contributed by atoms with van der Waals surface area (Å²) in [5.74, 6) is -0.701. The number of carboxylic acid groups (broad SMARTS) is 1. The standard InChI is InChI=1S/C17H30O3/c1-2-3-10-13-16(18)14-11-8-6-4-5-7-9-12-15-17(19)20/h6,8,11,14,16,18H,2-5,7,9-10,12-13,15H2,1H3,(H,19,20)/b8-6+,14-11-/t16-/m0/s1. The smallest absolute Gasteiger partial charge is 0.303 e. The zero-order valence-corrected chi connectivity index (χ0v) is 12.8. The largest absolute Gasteiger partial charge is 0.481 e. The molecule has 0 spiro atoms. The van der Waals surface area contributed by atoms with Crippen LogP contribution in [0.15, 0.2) is 24.3 Å². The zero-order valence-electron chi connectivity index (χ0n) is 12.8. The van der Waals surface area contributed by atoms with E-state index < -0.39 is 5.97 Å². The first-order chi connectivity index (χ1) is 9.66. The summed E-state index contributed by atoms with van der Waals surface area (Å²) in [6.45, 7) is 2.16. The summed E-state index contributed by atoms with van der Waals surface area (Å²) in [5.41, 5.74) is 0. The van der Waals surface area contributed by atoms with E-state index in [4.69, 9.17) is 5.11 Å². The van der Waals surface area contributed by atoms with Crippen LogP contribution in [0.1, 0.15) is 71.1 Å². The molecule has 0 amide bonds. The molecule has 0 aromatic rings. The van der Waals surface area contributed by atoms with Crippen molar-refractivity contribution >= 4 is 5.97 Å². The lowest BCUT2D eigenvalue weighted by Crippen LogP contribution is -2.00. The minimum absolute atomic E-state index is 0.286. The van der Waals surface area contributed by atoms with Crippen molar-refractivity contribution in [2.24, 2.45) is 0 Å². The number of carbonyl (C=O) groups is 1. The summed E-state index contributed by atoms with van der Waals surface area (Å²) < 4.78 is 0. The fourth-order valence-corrected chi connectivity index (χ4v) is 1.96. The van der Waals surface area contributed by atoms with Crippen LogP contribution in [0, 0.1) is 0 Å². The first-order valence-corrected chi connectivity index (χ1v) is 7.90. The molecule has 0 saturated carbocycles. The molecular formula is C17H30O3. The quantitative estimate of drug-likeness (QED) is 0.387. The fraction of sp³-hybridized carbons (Fsp3) is 0.706. The molecule has 0 aromatic heterocycles. The van der Waals surface area contributed by atoms with E-state index in [1.54, 1.807) is 0 Å². The molecule has 0 rings (SSSR count). The second kappa shape index (κ2) is 14.3. The molecule has 0 unspecified atom stereocenters. The Bertz CT molecular complexity index is 282. The Morgan fingerprint density at radius 3 is 2.50 bits per heavy atom. The van der Waals surface area contributed by atoms with E-state index in [0.717, 1.165) is 44.9 Å². The Balaban J connectivity index is 3.40. The maximum atomic E-state index is 10.3. The van der Waals surface area contributed by atoms with Crippen molar-refractivity contribution in [3.05, 3.63) is 24.3 Å². The minimum Gasteiger partial charge on any atom is -0.481 e. The van der Waals surface area contributed by atoms with Crippen molar-refractivity contribution in [3.8, 4) is 0 Å². The van der Waals surface area contributed by atoms with Gasteiger partial charge in [0.1, 0.15) is 0 Å². The second-order valence-electron chi connectivity index (χ2n) is 5.22. The van der Waals surface area contributed by atoms with Gasteiger partial charge in [-0.25, -0.2) is 0 Å². The highest BCUT2D eigenvalue weighted by molar-refractivity contribution is 5.66. The maximum Gasteiger partial charge on any atom is 0.303 e. The van der Waals surface area contributed by atoms with Gasteiger partial charge >= 0.3 is 5.97 Å². The van der Waals surface area contributed by atoms with E-state index >= 15 is 0 Å². The SMILES string of the molecule is CCCCC[C@H](O)/C=C\C=C\CCCCCCC(=O)O. The van der Waals surface area contributed by atoms with E-state index in [-0.39, 0.29) is 12.5 Å². The van der Waals surface area contributed by atoms with Gasteiger partial charge in [0.05, 0.1) is 6.10 Å². The van der Waals surface area contributed by atoms with Gasteiger partial charge in [-0.15, -0.1) is 0 Å². The number of hydrogen-bond acceptors (Lipinski definition) is 2. The Morgan fingerprint density at radius 1 is 1.05 bits per heavy atom. The molecule has 116 valence electrons. The number of unbranched alkanes of at least 4 members (excludes halogenated alkanes) is 6. The highest BCUT2D eigenvalue weighted by Gasteiger charge is 1.97. The molecule has 0 bridgehead atoms. The normalized spacial score (nSPS) is 13.3. The molecule has 3 heteroatoms. The number of aliphatic carboxylic acids is 1. The number of aliphatic hydroxyl groups is 1. The van der Waals surface area contributed by atoms with Crippen LogP contribution in [0.4, 0.5) is 0 Å². The zero-order chi connectivity index (χ0) is 15.1.